The molecule has 0 saturated carbocycles. The van der Waals surface area contributed by atoms with E-state index < -0.39 is 11.3 Å². The minimum Gasteiger partial charge on any atom is -0.495 e. The van der Waals surface area contributed by atoms with Gasteiger partial charge in [-0.3, -0.25) is 9.59 Å². The van der Waals surface area contributed by atoms with Crippen LogP contribution in [0.4, 0.5) is 17.1 Å². The van der Waals surface area contributed by atoms with Crippen LogP contribution >= 0.6 is 0 Å². The van der Waals surface area contributed by atoms with E-state index in [4.69, 9.17) is 9.47 Å². The first kappa shape index (κ1) is 20.7. The number of hydrogen-bond acceptors (Lipinski definition) is 5. The Morgan fingerprint density at radius 1 is 0.931 bits per heavy atom. The highest BCUT2D eigenvalue weighted by molar-refractivity contribution is 6.14. The van der Waals surface area contributed by atoms with Crippen molar-refractivity contribution >= 4 is 28.9 Å². The van der Waals surface area contributed by atoms with Crippen LogP contribution in [0.2, 0.25) is 0 Å². The maximum Gasteiger partial charge on any atom is 0.239 e. The molecule has 2 aromatic rings. The third-order valence-electron chi connectivity index (χ3n) is 4.99. The minimum atomic E-state index is -1.29. The summed E-state index contributed by atoms with van der Waals surface area (Å²) in [5.74, 6) is -0.260. The van der Waals surface area contributed by atoms with Crippen LogP contribution in [0, 0.1) is 5.41 Å². The van der Waals surface area contributed by atoms with Gasteiger partial charge in [0, 0.05) is 13.1 Å². The van der Waals surface area contributed by atoms with Crippen molar-refractivity contribution in [2.45, 2.75) is 13.8 Å². The van der Waals surface area contributed by atoms with E-state index in [0.717, 1.165) is 18.8 Å². The highest BCUT2D eigenvalue weighted by Gasteiger charge is 2.37. The monoisotopic (exact) mass is 397 g/mol. The quantitative estimate of drug-likeness (QED) is 0.732. The lowest BCUT2D eigenvalue weighted by Crippen LogP contribution is -2.42. The van der Waals surface area contributed by atoms with Crippen LogP contribution in [-0.4, -0.2) is 45.2 Å². The number of hydrogen-bond donors (Lipinski definition) is 2. The molecular formula is C22H27N3O4. The van der Waals surface area contributed by atoms with Crippen LogP contribution in [0.1, 0.15) is 13.8 Å². The Kier molecular flexibility index (Phi) is 6.39. The molecule has 154 valence electrons. The molecule has 29 heavy (non-hydrogen) atoms. The third kappa shape index (κ3) is 4.68. The molecule has 1 aliphatic rings. The molecule has 1 heterocycles. The molecule has 0 radical (unpaired) electrons. The maximum atomic E-state index is 13.0. The second-order valence-corrected chi connectivity index (χ2v) is 7.35. The van der Waals surface area contributed by atoms with E-state index in [9.17, 15) is 9.59 Å². The topological polar surface area (TPSA) is 79.9 Å². The standard InChI is InChI=1S/C22H27N3O4/c1-22(2,21(27)24-17-9-5-7-11-19(17)28-3)20(26)23-16-8-4-6-10-18(16)25-12-14-29-15-13-25/h4-11H,12-15H2,1-3H3,(H,23,26)(H,24,27). The first-order valence-electron chi connectivity index (χ1n) is 9.61. The largest absolute Gasteiger partial charge is 0.495 e. The van der Waals surface area contributed by atoms with Gasteiger partial charge in [0.15, 0.2) is 0 Å². The van der Waals surface area contributed by atoms with E-state index in [1.165, 1.54) is 7.11 Å². The number of ether oxygens (including phenoxy) is 2. The van der Waals surface area contributed by atoms with Crippen molar-refractivity contribution in [3.63, 3.8) is 0 Å². The molecule has 0 unspecified atom stereocenters. The van der Waals surface area contributed by atoms with Gasteiger partial charge in [0.1, 0.15) is 11.2 Å². The molecule has 0 bridgehead atoms. The smallest absolute Gasteiger partial charge is 0.239 e. The fourth-order valence-electron chi connectivity index (χ4n) is 3.07. The van der Waals surface area contributed by atoms with E-state index in [1.54, 1.807) is 32.0 Å². The summed E-state index contributed by atoms with van der Waals surface area (Å²) in [7, 11) is 1.53. The maximum absolute atomic E-state index is 13.0. The molecule has 0 aromatic heterocycles. The first-order chi connectivity index (χ1) is 13.9. The van der Waals surface area contributed by atoms with Crippen molar-refractivity contribution in [3.05, 3.63) is 48.5 Å². The van der Waals surface area contributed by atoms with E-state index in [1.807, 2.05) is 30.3 Å². The van der Waals surface area contributed by atoms with Crippen LogP contribution in [0.25, 0.3) is 0 Å². The molecule has 2 amide bonds. The lowest BCUT2D eigenvalue weighted by Gasteiger charge is -2.31. The van der Waals surface area contributed by atoms with Gasteiger partial charge in [-0.15, -0.1) is 0 Å². The molecule has 0 atom stereocenters. The molecule has 0 aliphatic carbocycles. The third-order valence-corrected chi connectivity index (χ3v) is 4.99. The summed E-state index contributed by atoms with van der Waals surface area (Å²) < 4.78 is 10.7. The summed E-state index contributed by atoms with van der Waals surface area (Å²) in [6, 6.07) is 14.7. The molecule has 1 saturated heterocycles. The second kappa shape index (κ2) is 8.96. The van der Waals surface area contributed by atoms with Crippen molar-refractivity contribution in [1.82, 2.24) is 0 Å². The summed E-state index contributed by atoms with van der Waals surface area (Å²) in [4.78, 5) is 28.0. The number of benzene rings is 2. The number of anilines is 3. The molecule has 2 N–H and O–H groups in total. The fraction of sp³-hybridized carbons (Fsp3) is 0.364. The lowest BCUT2D eigenvalue weighted by atomic mass is 9.90. The van der Waals surface area contributed by atoms with Crippen LogP contribution in [0.5, 0.6) is 5.75 Å². The van der Waals surface area contributed by atoms with Gasteiger partial charge in [-0.2, -0.15) is 0 Å². The second-order valence-electron chi connectivity index (χ2n) is 7.35. The molecule has 1 fully saturated rings. The van der Waals surface area contributed by atoms with E-state index in [0.29, 0.717) is 30.3 Å². The van der Waals surface area contributed by atoms with Crippen molar-refractivity contribution in [2.24, 2.45) is 5.41 Å². The number of morpholine rings is 1. The zero-order chi connectivity index (χ0) is 20.9. The number of carbonyl (C=O) groups excluding carboxylic acids is 2. The van der Waals surface area contributed by atoms with Crippen molar-refractivity contribution in [1.29, 1.82) is 0 Å². The highest BCUT2D eigenvalue weighted by atomic mass is 16.5. The van der Waals surface area contributed by atoms with Gasteiger partial charge in [0.2, 0.25) is 11.8 Å². The predicted octanol–water partition coefficient (Wildman–Crippen LogP) is 3.14. The number of rotatable bonds is 6. The van der Waals surface area contributed by atoms with Gasteiger partial charge in [-0.25, -0.2) is 0 Å². The zero-order valence-corrected chi connectivity index (χ0v) is 17.0. The number of nitrogens with one attached hydrogen (secondary N) is 2. The van der Waals surface area contributed by atoms with Gasteiger partial charge in [0.25, 0.3) is 0 Å². The fourth-order valence-corrected chi connectivity index (χ4v) is 3.07. The molecular weight excluding hydrogens is 370 g/mol. The number of methoxy groups -OCH3 is 1. The molecule has 3 rings (SSSR count). The number of amides is 2. The molecule has 7 heteroatoms. The Balaban J connectivity index is 1.75. The van der Waals surface area contributed by atoms with Gasteiger partial charge >= 0.3 is 0 Å². The van der Waals surface area contributed by atoms with E-state index in [-0.39, 0.29) is 5.91 Å². The van der Waals surface area contributed by atoms with Gasteiger partial charge in [-0.05, 0) is 38.1 Å². The normalized spacial score (nSPS) is 14.2. The molecule has 0 spiro atoms. The van der Waals surface area contributed by atoms with Crippen LogP contribution in [0.15, 0.2) is 48.5 Å². The summed E-state index contributed by atoms with van der Waals surface area (Å²) >= 11 is 0. The van der Waals surface area contributed by atoms with Crippen molar-refractivity contribution < 1.29 is 19.1 Å². The van der Waals surface area contributed by atoms with Gasteiger partial charge in [-0.1, -0.05) is 24.3 Å². The Labute approximate surface area is 171 Å². The summed E-state index contributed by atoms with van der Waals surface area (Å²) in [6.45, 7) is 6.01. The van der Waals surface area contributed by atoms with E-state index >= 15 is 0 Å². The van der Waals surface area contributed by atoms with Crippen LogP contribution in [0.3, 0.4) is 0 Å². The number of para-hydroxylation sites is 4. The lowest BCUT2D eigenvalue weighted by molar-refractivity contribution is -0.135. The van der Waals surface area contributed by atoms with Gasteiger partial charge < -0.3 is 25.0 Å². The van der Waals surface area contributed by atoms with E-state index in [2.05, 4.69) is 15.5 Å². The molecule has 7 nitrogen and oxygen atoms in total. The summed E-state index contributed by atoms with van der Waals surface area (Å²) in [5.41, 5.74) is 0.830. The predicted molar refractivity (Wildman–Crippen MR) is 114 cm³/mol. The number of nitrogens with zero attached hydrogens (tertiary/aromatic N) is 1. The Hall–Kier alpha value is -3.06. The Morgan fingerprint density at radius 2 is 1.48 bits per heavy atom. The summed E-state index contributed by atoms with van der Waals surface area (Å²) in [5, 5.41) is 5.72. The summed E-state index contributed by atoms with van der Waals surface area (Å²) in [6.07, 6.45) is 0. The van der Waals surface area contributed by atoms with Gasteiger partial charge in [0.05, 0.1) is 37.4 Å². The van der Waals surface area contributed by atoms with Crippen molar-refractivity contribution in [3.8, 4) is 5.75 Å². The Morgan fingerprint density at radius 3 is 2.14 bits per heavy atom. The Bertz CT molecular complexity index is 876. The average Bonchev–Trinajstić information content (AvgIpc) is 2.75. The average molecular weight is 397 g/mol. The molecule has 1 aliphatic heterocycles. The zero-order valence-electron chi connectivity index (χ0n) is 17.0. The van der Waals surface area contributed by atoms with Crippen LogP contribution < -0.4 is 20.3 Å². The van der Waals surface area contributed by atoms with Crippen molar-refractivity contribution in [2.75, 3.05) is 48.9 Å². The highest BCUT2D eigenvalue weighted by Crippen LogP contribution is 2.30. The minimum absolute atomic E-state index is 0.384. The number of carbonyl (C=O) groups is 2. The van der Waals surface area contributed by atoms with Crippen LogP contribution in [-0.2, 0) is 14.3 Å². The molecule has 2 aromatic carbocycles. The SMILES string of the molecule is COc1ccccc1NC(=O)C(C)(C)C(=O)Nc1ccccc1N1CCOCC1. The first-order valence-corrected chi connectivity index (χ1v) is 9.61.